The minimum Gasteiger partial charge on any atom is -0.493 e. The molecule has 0 aliphatic carbocycles. The van der Waals surface area contributed by atoms with Gasteiger partial charge in [0.2, 0.25) is 0 Å². The maximum absolute atomic E-state index is 12.3. The highest BCUT2D eigenvalue weighted by atomic mass is 16.5. The number of nitrogens with zero attached hydrogens (tertiary/aromatic N) is 2. The first-order valence-electron chi connectivity index (χ1n) is 9.60. The van der Waals surface area contributed by atoms with E-state index in [4.69, 9.17) is 4.74 Å². The van der Waals surface area contributed by atoms with Crippen LogP contribution in [0.5, 0.6) is 5.75 Å². The van der Waals surface area contributed by atoms with E-state index in [1.54, 1.807) is 12.1 Å². The molecule has 29 heavy (non-hydrogen) atoms. The number of amides is 1. The molecule has 1 aromatic heterocycles. The number of hydrazone groups is 1. The van der Waals surface area contributed by atoms with Crippen molar-refractivity contribution in [2.75, 3.05) is 6.61 Å². The lowest BCUT2D eigenvalue weighted by Crippen LogP contribution is -2.17. The van der Waals surface area contributed by atoms with Crippen molar-refractivity contribution < 1.29 is 9.53 Å². The summed E-state index contributed by atoms with van der Waals surface area (Å²) in [7, 11) is 0. The van der Waals surface area contributed by atoms with Crippen molar-refractivity contribution in [3.63, 3.8) is 0 Å². The Morgan fingerprint density at radius 3 is 2.79 bits per heavy atom. The maximum Gasteiger partial charge on any atom is 0.289 e. The summed E-state index contributed by atoms with van der Waals surface area (Å²) in [5.41, 5.74) is 5.36. The van der Waals surface area contributed by atoms with Crippen molar-refractivity contribution in [1.82, 2.24) is 15.6 Å². The molecule has 0 atom stereocenters. The molecule has 0 saturated carbocycles. The van der Waals surface area contributed by atoms with Crippen LogP contribution in [0.2, 0.25) is 0 Å². The van der Waals surface area contributed by atoms with Crippen molar-refractivity contribution >= 4 is 18.2 Å². The number of allylic oxidation sites excluding steroid dienone is 1. The molecule has 0 aliphatic rings. The number of ether oxygens (including phenoxy) is 1. The number of para-hydroxylation sites is 1. The van der Waals surface area contributed by atoms with E-state index in [0.717, 1.165) is 29.7 Å². The van der Waals surface area contributed by atoms with Gasteiger partial charge in [0.15, 0.2) is 0 Å². The van der Waals surface area contributed by atoms with Gasteiger partial charge in [-0.15, -0.1) is 0 Å². The van der Waals surface area contributed by atoms with Gasteiger partial charge < -0.3 is 4.74 Å². The summed E-state index contributed by atoms with van der Waals surface area (Å²) in [6, 6.07) is 19.2. The summed E-state index contributed by atoms with van der Waals surface area (Å²) >= 11 is 0. The molecule has 1 amide bonds. The molecule has 0 fully saturated rings. The van der Waals surface area contributed by atoms with Gasteiger partial charge in [-0.25, -0.2) is 5.43 Å². The van der Waals surface area contributed by atoms with Gasteiger partial charge in [0.1, 0.15) is 11.4 Å². The second-order valence-corrected chi connectivity index (χ2v) is 6.35. The van der Waals surface area contributed by atoms with Crippen molar-refractivity contribution in [3.8, 4) is 17.0 Å². The van der Waals surface area contributed by atoms with E-state index in [9.17, 15) is 4.79 Å². The van der Waals surface area contributed by atoms with Crippen LogP contribution in [0.1, 0.15) is 35.8 Å². The zero-order valence-electron chi connectivity index (χ0n) is 16.3. The number of hydrogen-bond acceptors (Lipinski definition) is 4. The lowest BCUT2D eigenvalue weighted by molar-refractivity contribution is 0.0950. The van der Waals surface area contributed by atoms with Crippen molar-refractivity contribution in [1.29, 1.82) is 0 Å². The van der Waals surface area contributed by atoms with Crippen LogP contribution in [-0.2, 0) is 0 Å². The normalized spacial score (nSPS) is 11.2. The molecule has 6 nitrogen and oxygen atoms in total. The lowest BCUT2D eigenvalue weighted by atomic mass is 10.1. The topological polar surface area (TPSA) is 79.4 Å². The van der Waals surface area contributed by atoms with Gasteiger partial charge >= 0.3 is 0 Å². The highest BCUT2D eigenvalue weighted by Crippen LogP contribution is 2.28. The SMILES string of the molecule is CCCCOc1ccccc1-c1cc(C(=O)N/N=C/C=C/c2ccccc2)[nH]n1. The predicted molar refractivity (Wildman–Crippen MR) is 116 cm³/mol. The van der Waals surface area contributed by atoms with Crippen LogP contribution in [0.25, 0.3) is 17.3 Å². The lowest BCUT2D eigenvalue weighted by Gasteiger charge is -2.09. The summed E-state index contributed by atoms with van der Waals surface area (Å²) in [4.78, 5) is 12.3. The number of carbonyl (C=O) groups excluding carboxylic acids is 1. The molecule has 2 aromatic carbocycles. The van der Waals surface area contributed by atoms with Crippen LogP contribution in [0, 0.1) is 0 Å². The molecule has 0 unspecified atom stereocenters. The molecule has 0 saturated heterocycles. The van der Waals surface area contributed by atoms with Crippen molar-refractivity contribution in [2.24, 2.45) is 5.10 Å². The molecule has 1 heterocycles. The van der Waals surface area contributed by atoms with E-state index in [1.165, 1.54) is 6.21 Å². The number of unbranched alkanes of at least 4 members (excludes halogenated alkanes) is 1. The second-order valence-electron chi connectivity index (χ2n) is 6.35. The van der Waals surface area contributed by atoms with Crippen LogP contribution in [0.4, 0.5) is 0 Å². The first-order valence-corrected chi connectivity index (χ1v) is 9.60. The van der Waals surface area contributed by atoms with E-state index in [2.05, 4.69) is 27.6 Å². The molecule has 3 aromatic rings. The Balaban J connectivity index is 1.60. The third kappa shape index (κ3) is 5.90. The smallest absolute Gasteiger partial charge is 0.289 e. The Hall–Kier alpha value is -3.67. The van der Waals surface area contributed by atoms with Crippen molar-refractivity contribution in [3.05, 3.63) is 78.0 Å². The van der Waals surface area contributed by atoms with Crippen LogP contribution in [0.15, 0.2) is 71.8 Å². The fourth-order valence-corrected chi connectivity index (χ4v) is 2.62. The fraction of sp³-hybridized carbons (Fsp3) is 0.174. The molecule has 3 rings (SSSR count). The van der Waals surface area contributed by atoms with Crippen LogP contribution < -0.4 is 10.2 Å². The third-order valence-electron chi connectivity index (χ3n) is 4.16. The molecule has 0 radical (unpaired) electrons. The maximum atomic E-state index is 12.3. The number of hydrogen-bond donors (Lipinski definition) is 2. The van der Waals surface area contributed by atoms with Gasteiger partial charge in [-0.1, -0.05) is 61.9 Å². The van der Waals surface area contributed by atoms with Crippen LogP contribution >= 0.6 is 0 Å². The molecule has 2 N–H and O–H groups in total. The van der Waals surface area contributed by atoms with Crippen LogP contribution in [0.3, 0.4) is 0 Å². The largest absolute Gasteiger partial charge is 0.493 e. The number of aromatic amines is 1. The first kappa shape index (κ1) is 20.1. The van der Waals surface area contributed by atoms with Gasteiger partial charge in [-0.05, 0) is 36.3 Å². The average molecular weight is 388 g/mol. The Morgan fingerprint density at radius 2 is 1.97 bits per heavy atom. The van der Waals surface area contributed by atoms with Gasteiger partial charge in [0.25, 0.3) is 5.91 Å². The zero-order chi connectivity index (χ0) is 20.3. The minimum atomic E-state index is -0.363. The summed E-state index contributed by atoms with van der Waals surface area (Å²) in [6.45, 7) is 2.77. The number of H-pyrrole nitrogens is 1. The van der Waals surface area contributed by atoms with Crippen molar-refractivity contribution in [2.45, 2.75) is 19.8 Å². The number of aromatic nitrogens is 2. The molecule has 6 heteroatoms. The van der Waals surface area contributed by atoms with E-state index in [-0.39, 0.29) is 5.91 Å². The fourth-order valence-electron chi connectivity index (χ4n) is 2.62. The van der Waals surface area contributed by atoms with Gasteiger partial charge in [-0.3, -0.25) is 9.89 Å². The second kappa shape index (κ2) is 10.6. The van der Waals surface area contributed by atoms with E-state index in [1.807, 2.05) is 60.7 Å². The van der Waals surface area contributed by atoms with Crippen LogP contribution in [-0.4, -0.2) is 28.9 Å². The molecule has 0 aliphatic heterocycles. The highest BCUT2D eigenvalue weighted by Gasteiger charge is 2.13. The number of nitrogens with one attached hydrogen (secondary N) is 2. The first-order chi connectivity index (χ1) is 14.3. The monoisotopic (exact) mass is 388 g/mol. The van der Waals surface area contributed by atoms with Gasteiger partial charge in [0.05, 0.1) is 12.3 Å². The van der Waals surface area contributed by atoms with E-state index >= 15 is 0 Å². The summed E-state index contributed by atoms with van der Waals surface area (Å²) in [5, 5.41) is 10.9. The summed E-state index contributed by atoms with van der Waals surface area (Å²) in [5.74, 6) is 0.390. The molecule has 148 valence electrons. The molecular formula is C23H24N4O2. The number of carbonyl (C=O) groups is 1. The zero-order valence-corrected chi connectivity index (χ0v) is 16.3. The molecular weight excluding hydrogens is 364 g/mol. The molecule has 0 spiro atoms. The number of rotatable bonds is 9. The standard InChI is InChI=1S/C23H24N4O2/c1-2-3-16-29-22-14-8-7-13-19(22)20-17-21(26-25-20)23(28)27-24-15-9-12-18-10-5-4-6-11-18/h4-15,17H,2-3,16H2,1H3,(H,25,26)(H,27,28)/b12-9+,24-15+. The predicted octanol–water partition coefficient (Wildman–Crippen LogP) is 4.68. The Bertz CT molecular complexity index is 977. The summed E-state index contributed by atoms with van der Waals surface area (Å²) < 4.78 is 5.84. The third-order valence-corrected chi connectivity index (χ3v) is 4.16. The quantitative estimate of drug-likeness (QED) is 0.317. The highest BCUT2D eigenvalue weighted by molar-refractivity contribution is 5.94. The van der Waals surface area contributed by atoms with E-state index in [0.29, 0.717) is 18.0 Å². The number of benzene rings is 2. The van der Waals surface area contributed by atoms with Gasteiger partial charge in [0, 0.05) is 11.8 Å². The molecule has 0 bridgehead atoms. The Labute approximate surface area is 170 Å². The summed E-state index contributed by atoms with van der Waals surface area (Å²) in [6.07, 6.45) is 7.24. The van der Waals surface area contributed by atoms with Gasteiger partial charge in [-0.2, -0.15) is 10.2 Å². The van der Waals surface area contributed by atoms with E-state index < -0.39 is 0 Å². The average Bonchev–Trinajstić information content (AvgIpc) is 3.25. The Kier molecular flexibility index (Phi) is 7.34. The Morgan fingerprint density at radius 1 is 1.17 bits per heavy atom. The minimum absolute atomic E-state index is 0.326.